The van der Waals surface area contributed by atoms with Crippen molar-refractivity contribution in [2.75, 3.05) is 0 Å². The van der Waals surface area contributed by atoms with E-state index in [2.05, 4.69) is 214 Å². The molecular formula is C58H41N3. The molecule has 61 heavy (non-hydrogen) atoms. The zero-order valence-corrected chi connectivity index (χ0v) is 34.0. The van der Waals surface area contributed by atoms with E-state index in [9.17, 15) is 0 Å². The number of pyridine rings is 1. The van der Waals surface area contributed by atoms with Gasteiger partial charge in [0.2, 0.25) is 0 Å². The number of rotatable bonds is 7. The SMILES string of the molecule is CC1(C)c2ccccc2-c2cc3c(-c4cccc(-c5cccc(-c6nc(-c7ccccc7)cc(-c7ccccc7)n6)c5)c4)cc(-c4ccc(-c5ccccc5)cc4)nc3cc21. The summed E-state index contributed by atoms with van der Waals surface area (Å²) in [4.78, 5) is 15.7. The molecule has 0 radical (unpaired) electrons. The van der Waals surface area contributed by atoms with Crippen molar-refractivity contribution in [2.24, 2.45) is 0 Å². The fraction of sp³-hybridized carbons (Fsp3) is 0.0517. The number of fused-ring (bicyclic) bond motifs is 4. The molecule has 8 aromatic carbocycles. The smallest absolute Gasteiger partial charge is 0.160 e. The Balaban J connectivity index is 1.04. The number of nitrogens with zero attached hydrogens (tertiary/aromatic N) is 3. The van der Waals surface area contributed by atoms with Crippen molar-refractivity contribution in [1.82, 2.24) is 15.0 Å². The molecule has 0 saturated heterocycles. The van der Waals surface area contributed by atoms with Crippen LogP contribution in [0.25, 0.3) is 101 Å². The van der Waals surface area contributed by atoms with Crippen LogP contribution in [0.1, 0.15) is 25.0 Å². The summed E-state index contributed by atoms with van der Waals surface area (Å²) in [6.07, 6.45) is 0. The first-order valence-electron chi connectivity index (χ1n) is 20.9. The summed E-state index contributed by atoms with van der Waals surface area (Å²) in [5, 5.41) is 1.14. The zero-order chi connectivity index (χ0) is 40.9. The molecule has 0 fully saturated rings. The van der Waals surface area contributed by atoms with Gasteiger partial charge in [0.15, 0.2) is 5.82 Å². The van der Waals surface area contributed by atoms with Gasteiger partial charge in [0, 0.05) is 33.1 Å². The van der Waals surface area contributed by atoms with Crippen LogP contribution in [-0.2, 0) is 5.41 Å². The van der Waals surface area contributed by atoms with Gasteiger partial charge < -0.3 is 0 Å². The Kier molecular flexibility index (Phi) is 8.82. The van der Waals surface area contributed by atoms with E-state index >= 15 is 0 Å². The van der Waals surface area contributed by atoms with E-state index in [1.165, 1.54) is 33.4 Å². The number of hydrogen-bond donors (Lipinski definition) is 0. The van der Waals surface area contributed by atoms with Crippen molar-refractivity contribution in [3.05, 3.63) is 223 Å². The van der Waals surface area contributed by atoms with E-state index in [4.69, 9.17) is 15.0 Å². The predicted molar refractivity (Wildman–Crippen MR) is 253 cm³/mol. The Hall–Kier alpha value is -7.75. The van der Waals surface area contributed by atoms with E-state index < -0.39 is 0 Å². The molecule has 288 valence electrons. The molecule has 3 nitrogen and oxygen atoms in total. The van der Waals surface area contributed by atoms with Crippen molar-refractivity contribution < 1.29 is 0 Å². The Morgan fingerprint density at radius 2 is 0.770 bits per heavy atom. The van der Waals surface area contributed by atoms with Gasteiger partial charge in [-0.3, -0.25) is 0 Å². The lowest BCUT2D eigenvalue weighted by atomic mass is 9.82. The second-order valence-electron chi connectivity index (χ2n) is 16.4. The van der Waals surface area contributed by atoms with Gasteiger partial charge in [-0.05, 0) is 92.0 Å². The fourth-order valence-corrected chi connectivity index (χ4v) is 9.07. The lowest BCUT2D eigenvalue weighted by Crippen LogP contribution is -2.14. The molecule has 0 aliphatic heterocycles. The molecule has 0 saturated carbocycles. The molecule has 1 aliphatic carbocycles. The molecule has 0 amide bonds. The number of aromatic nitrogens is 3. The van der Waals surface area contributed by atoms with E-state index in [0.717, 1.165) is 72.5 Å². The largest absolute Gasteiger partial charge is 0.248 e. The number of benzene rings is 8. The highest BCUT2D eigenvalue weighted by atomic mass is 14.9. The van der Waals surface area contributed by atoms with Crippen molar-refractivity contribution in [3.8, 4) is 89.7 Å². The van der Waals surface area contributed by atoms with Crippen LogP contribution in [0, 0.1) is 0 Å². The van der Waals surface area contributed by atoms with Gasteiger partial charge in [-0.25, -0.2) is 15.0 Å². The van der Waals surface area contributed by atoms with E-state index in [0.29, 0.717) is 5.82 Å². The first-order valence-corrected chi connectivity index (χ1v) is 20.9. The molecule has 0 N–H and O–H groups in total. The lowest BCUT2D eigenvalue weighted by molar-refractivity contribution is 0.661. The van der Waals surface area contributed by atoms with Gasteiger partial charge in [-0.1, -0.05) is 190 Å². The Morgan fingerprint density at radius 3 is 1.43 bits per heavy atom. The van der Waals surface area contributed by atoms with Crippen molar-refractivity contribution >= 4 is 10.9 Å². The normalized spacial score (nSPS) is 12.6. The first kappa shape index (κ1) is 36.3. The summed E-state index contributed by atoms with van der Waals surface area (Å²) in [6, 6.07) is 75.5. The van der Waals surface area contributed by atoms with E-state index in [1.807, 2.05) is 12.1 Å². The summed E-state index contributed by atoms with van der Waals surface area (Å²) < 4.78 is 0. The third-order valence-corrected chi connectivity index (χ3v) is 12.3. The van der Waals surface area contributed by atoms with E-state index in [-0.39, 0.29) is 5.41 Å². The molecular weight excluding hydrogens is 739 g/mol. The van der Waals surface area contributed by atoms with Crippen LogP contribution < -0.4 is 0 Å². The van der Waals surface area contributed by atoms with Crippen molar-refractivity contribution in [1.29, 1.82) is 0 Å². The molecule has 10 aromatic rings. The third-order valence-electron chi connectivity index (χ3n) is 12.3. The van der Waals surface area contributed by atoms with Crippen LogP contribution in [0.5, 0.6) is 0 Å². The highest BCUT2D eigenvalue weighted by Gasteiger charge is 2.35. The zero-order valence-electron chi connectivity index (χ0n) is 34.0. The highest BCUT2D eigenvalue weighted by molar-refractivity contribution is 6.02. The van der Waals surface area contributed by atoms with Crippen LogP contribution in [-0.4, -0.2) is 15.0 Å². The van der Waals surface area contributed by atoms with Crippen molar-refractivity contribution in [2.45, 2.75) is 19.3 Å². The molecule has 11 rings (SSSR count). The van der Waals surface area contributed by atoms with Crippen LogP contribution in [0.2, 0.25) is 0 Å². The Morgan fingerprint density at radius 1 is 0.295 bits per heavy atom. The maximum absolute atomic E-state index is 5.41. The van der Waals surface area contributed by atoms with Crippen molar-refractivity contribution in [3.63, 3.8) is 0 Å². The average molecular weight is 780 g/mol. The maximum atomic E-state index is 5.41. The quantitative estimate of drug-likeness (QED) is 0.162. The van der Waals surface area contributed by atoms with Gasteiger partial charge in [-0.2, -0.15) is 0 Å². The van der Waals surface area contributed by atoms with E-state index in [1.54, 1.807) is 0 Å². The minimum atomic E-state index is -0.133. The van der Waals surface area contributed by atoms with Gasteiger partial charge in [0.25, 0.3) is 0 Å². The molecule has 0 atom stereocenters. The van der Waals surface area contributed by atoms with Gasteiger partial charge in [0.1, 0.15) is 0 Å². The molecule has 0 unspecified atom stereocenters. The number of hydrogen-bond acceptors (Lipinski definition) is 3. The molecule has 2 aromatic heterocycles. The summed E-state index contributed by atoms with van der Waals surface area (Å²) >= 11 is 0. The standard InChI is InChI=1S/C58H41N3/c1-58(2)51-27-13-12-26-47(51)49-34-50-48(35-53(59-56(50)36-52(49)58)42-30-28-39(29-31-42)38-16-6-3-7-17-38)45-24-14-22-43(32-45)44-23-15-25-46(33-44)57-60-54(40-18-8-4-9-19-40)37-55(61-57)41-20-10-5-11-21-41/h3-37H,1-2H3. The highest BCUT2D eigenvalue weighted by Crippen LogP contribution is 2.50. The molecule has 1 aliphatic rings. The molecule has 0 bridgehead atoms. The topological polar surface area (TPSA) is 38.7 Å². The Bertz CT molecular complexity index is 3190. The monoisotopic (exact) mass is 779 g/mol. The van der Waals surface area contributed by atoms with Gasteiger partial charge in [0.05, 0.1) is 22.6 Å². The second-order valence-corrected chi connectivity index (χ2v) is 16.4. The lowest BCUT2D eigenvalue weighted by Gasteiger charge is -2.22. The summed E-state index contributed by atoms with van der Waals surface area (Å²) in [5.41, 5.74) is 19.9. The minimum Gasteiger partial charge on any atom is -0.248 e. The van der Waals surface area contributed by atoms with Gasteiger partial charge in [-0.15, -0.1) is 0 Å². The molecule has 2 heterocycles. The average Bonchev–Trinajstić information content (AvgIpc) is 3.56. The summed E-state index contributed by atoms with van der Waals surface area (Å²) in [5.74, 6) is 0.693. The maximum Gasteiger partial charge on any atom is 0.160 e. The molecule has 0 spiro atoms. The van der Waals surface area contributed by atoms with Gasteiger partial charge >= 0.3 is 0 Å². The van der Waals surface area contributed by atoms with Crippen LogP contribution >= 0.6 is 0 Å². The van der Waals surface area contributed by atoms with Crippen LogP contribution in [0.4, 0.5) is 0 Å². The Labute approximate surface area is 356 Å². The first-order chi connectivity index (χ1) is 30.0. The predicted octanol–water partition coefficient (Wildman–Crippen LogP) is 15.0. The summed E-state index contributed by atoms with van der Waals surface area (Å²) in [6.45, 7) is 4.67. The fourth-order valence-electron chi connectivity index (χ4n) is 9.07. The minimum absolute atomic E-state index is 0.133. The van der Waals surface area contributed by atoms with Crippen LogP contribution in [0.15, 0.2) is 212 Å². The summed E-state index contributed by atoms with van der Waals surface area (Å²) in [7, 11) is 0. The van der Waals surface area contributed by atoms with Crippen LogP contribution in [0.3, 0.4) is 0 Å². The molecule has 3 heteroatoms. The third kappa shape index (κ3) is 6.61. The second kappa shape index (κ2) is 14.8.